The predicted octanol–water partition coefficient (Wildman–Crippen LogP) is 3.96. The van der Waals surface area contributed by atoms with E-state index in [2.05, 4.69) is 20.9 Å². The van der Waals surface area contributed by atoms with E-state index in [4.69, 9.17) is 9.47 Å². The van der Waals surface area contributed by atoms with Crippen LogP contribution in [0.4, 0.5) is 0 Å². The highest BCUT2D eigenvalue weighted by Gasteiger charge is 2.34. The molecule has 0 N–H and O–H groups in total. The average Bonchev–Trinajstić information content (AvgIpc) is 3.10. The van der Waals surface area contributed by atoms with Gasteiger partial charge in [0.1, 0.15) is 11.8 Å². The number of carbonyl (C=O) groups is 1. The monoisotopic (exact) mass is 526 g/mol. The van der Waals surface area contributed by atoms with Crippen molar-refractivity contribution in [3.05, 3.63) is 95.1 Å². The van der Waals surface area contributed by atoms with Crippen LogP contribution in [0.5, 0.6) is 5.75 Å². The van der Waals surface area contributed by atoms with Crippen LogP contribution in [0.15, 0.2) is 74.1 Å². The molecule has 0 radical (unpaired) electrons. The van der Waals surface area contributed by atoms with Gasteiger partial charge in [-0.2, -0.15) is 0 Å². The van der Waals surface area contributed by atoms with Crippen LogP contribution in [0.25, 0.3) is 6.08 Å². The summed E-state index contributed by atoms with van der Waals surface area (Å²) in [4.78, 5) is 31.8. The molecule has 1 aliphatic rings. The number of halogens is 1. The lowest BCUT2D eigenvalue weighted by atomic mass is 9.95. The summed E-state index contributed by atoms with van der Waals surface area (Å²) >= 11 is 4.73. The number of para-hydroxylation sites is 1. The normalized spacial score (nSPS) is 15.8. The lowest BCUT2D eigenvalue weighted by Crippen LogP contribution is -2.40. The molecule has 0 aliphatic carbocycles. The molecule has 3 aromatic rings. The number of rotatable bonds is 6. The van der Waals surface area contributed by atoms with Gasteiger partial charge in [0, 0.05) is 10.0 Å². The van der Waals surface area contributed by atoms with Gasteiger partial charge >= 0.3 is 5.97 Å². The minimum Gasteiger partial charge on any atom is -0.494 e. The van der Waals surface area contributed by atoms with Crippen LogP contribution in [0.1, 0.15) is 37.9 Å². The Bertz CT molecular complexity index is 1400. The van der Waals surface area contributed by atoms with Crippen molar-refractivity contribution >= 4 is 39.3 Å². The number of esters is 1. The van der Waals surface area contributed by atoms with Gasteiger partial charge in [0.05, 0.1) is 29.0 Å². The molecule has 170 valence electrons. The summed E-state index contributed by atoms with van der Waals surface area (Å²) in [6.07, 6.45) is 1.84. The Hall–Kier alpha value is -2.97. The number of ether oxygens (including phenoxy) is 2. The second-order valence-corrected chi connectivity index (χ2v) is 9.25. The van der Waals surface area contributed by atoms with E-state index in [1.807, 2.05) is 61.5 Å². The number of fused-ring (bicyclic) bond motifs is 1. The van der Waals surface area contributed by atoms with Crippen LogP contribution in [0, 0.1) is 0 Å². The second kappa shape index (κ2) is 9.89. The third kappa shape index (κ3) is 4.58. The number of allylic oxidation sites excluding steroid dienone is 1. The fourth-order valence-corrected chi connectivity index (χ4v) is 5.10. The summed E-state index contributed by atoms with van der Waals surface area (Å²) in [5.74, 6) is 0.126. The topological polar surface area (TPSA) is 69.9 Å². The van der Waals surface area contributed by atoms with Gasteiger partial charge in [0.2, 0.25) is 0 Å². The van der Waals surface area contributed by atoms with Crippen LogP contribution in [0.2, 0.25) is 0 Å². The van der Waals surface area contributed by atoms with Crippen LogP contribution in [-0.2, 0) is 9.53 Å². The minimum absolute atomic E-state index is 0.215. The summed E-state index contributed by atoms with van der Waals surface area (Å²) in [5, 5.41) is 0. The van der Waals surface area contributed by atoms with Gasteiger partial charge in [0.25, 0.3) is 5.56 Å². The van der Waals surface area contributed by atoms with E-state index in [-0.39, 0.29) is 12.2 Å². The maximum atomic E-state index is 13.6. The molecule has 1 atom stereocenters. The number of thiazole rings is 1. The van der Waals surface area contributed by atoms with Crippen molar-refractivity contribution in [3.8, 4) is 5.75 Å². The fraction of sp³-hybridized carbons (Fsp3) is 0.240. The first-order valence-corrected chi connectivity index (χ1v) is 12.2. The highest BCUT2D eigenvalue weighted by molar-refractivity contribution is 9.10. The molecule has 1 aliphatic heterocycles. The van der Waals surface area contributed by atoms with E-state index in [1.165, 1.54) is 11.3 Å². The lowest BCUT2D eigenvalue weighted by molar-refractivity contribution is -0.139. The minimum atomic E-state index is -0.699. The van der Waals surface area contributed by atoms with E-state index in [0.29, 0.717) is 38.5 Å². The second-order valence-electron chi connectivity index (χ2n) is 7.32. The molecule has 4 rings (SSSR count). The van der Waals surface area contributed by atoms with E-state index >= 15 is 0 Å². The molecule has 0 saturated carbocycles. The van der Waals surface area contributed by atoms with Crippen LogP contribution < -0.4 is 19.6 Å². The summed E-state index contributed by atoms with van der Waals surface area (Å²) < 4.78 is 14.3. The number of benzene rings is 2. The van der Waals surface area contributed by atoms with E-state index in [1.54, 1.807) is 18.4 Å². The molecule has 0 amide bonds. The van der Waals surface area contributed by atoms with E-state index < -0.39 is 12.0 Å². The molecular weight excluding hydrogens is 504 g/mol. The molecule has 1 aromatic heterocycles. The summed E-state index contributed by atoms with van der Waals surface area (Å²) in [7, 11) is 0. The van der Waals surface area contributed by atoms with Gasteiger partial charge < -0.3 is 9.47 Å². The molecular formula is C25H23BrN2O4S. The zero-order valence-corrected chi connectivity index (χ0v) is 20.9. The SMILES string of the molecule is CCOC(=O)C1=C(C)N=c2s/c(=C\c3ccc(Br)cc3)c(=O)n2[C@H]1c1ccccc1OCC. The van der Waals surface area contributed by atoms with Crippen LogP contribution >= 0.6 is 27.3 Å². The van der Waals surface area contributed by atoms with Crippen molar-refractivity contribution in [1.82, 2.24) is 4.57 Å². The van der Waals surface area contributed by atoms with E-state index in [0.717, 1.165) is 10.0 Å². The van der Waals surface area contributed by atoms with Gasteiger partial charge in [-0.1, -0.05) is 57.6 Å². The molecule has 8 heteroatoms. The van der Waals surface area contributed by atoms with Crippen molar-refractivity contribution in [2.45, 2.75) is 26.8 Å². The van der Waals surface area contributed by atoms with Crippen molar-refractivity contribution in [3.63, 3.8) is 0 Å². The van der Waals surface area contributed by atoms with Gasteiger partial charge in [-0.05, 0) is 50.6 Å². The zero-order chi connectivity index (χ0) is 23.5. The third-order valence-corrected chi connectivity index (χ3v) is 6.71. The number of hydrogen-bond donors (Lipinski definition) is 0. The van der Waals surface area contributed by atoms with Gasteiger partial charge in [-0.15, -0.1) is 0 Å². The first-order chi connectivity index (χ1) is 15.9. The zero-order valence-electron chi connectivity index (χ0n) is 18.5. The van der Waals surface area contributed by atoms with Crippen LogP contribution in [-0.4, -0.2) is 23.8 Å². The van der Waals surface area contributed by atoms with Crippen molar-refractivity contribution < 1.29 is 14.3 Å². The first kappa shape index (κ1) is 23.2. The number of aromatic nitrogens is 1. The van der Waals surface area contributed by atoms with Gasteiger partial charge in [-0.25, -0.2) is 9.79 Å². The third-order valence-electron chi connectivity index (χ3n) is 5.20. The van der Waals surface area contributed by atoms with Gasteiger partial charge in [-0.3, -0.25) is 9.36 Å². The van der Waals surface area contributed by atoms with Crippen LogP contribution in [0.3, 0.4) is 0 Å². The molecule has 0 saturated heterocycles. The van der Waals surface area contributed by atoms with E-state index in [9.17, 15) is 9.59 Å². The molecule has 2 aromatic carbocycles. The largest absolute Gasteiger partial charge is 0.494 e. The fourth-order valence-electron chi connectivity index (χ4n) is 3.79. The Balaban J connectivity index is 1.98. The Kier molecular flexibility index (Phi) is 6.95. The van der Waals surface area contributed by atoms with Crippen molar-refractivity contribution in [2.24, 2.45) is 4.99 Å². The molecule has 6 nitrogen and oxygen atoms in total. The highest BCUT2D eigenvalue weighted by Crippen LogP contribution is 2.35. The number of hydrogen-bond acceptors (Lipinski definition) is 6. The Labute approximate surface area is 203 Å². The molecule has 0 fully saturated rings. The Morgan fingerprint density at radius 1 is 1.15 bits per heavy atom. The predicted molar refractivity (Wildman–Crippen MR) is 132 cm³/mol. The first-order valence-electron chi connectivity index (χ1n) is 10.6. The smallest absolute Gasteiger partial charge is 0.338 e. The number of carbonyl (C=O) groups excluding carboxylic acids is 1. The Morgan fingerprint density at radius 2 is 1.88 bits per heavy atom. The van der Waals surface area contributed by atoms with Crippen molar-refractivity contribution in [2.75, 3.05) is 13.2 Å². The van der Waals surface area contributed by atoms with Crippen molar-refractivity contribution in [1.29, 1.82) is 0 Å². The highest BCUT2D eigenvalue weighted by atomic mass is 79.9. The maximum Gasteiger partial charge on any atom is 0.338 e. The molecule has 0 unspecified atom stereocenters. The maximum absolute atomic E-state index is 13.6. The number of nitrogens with zero attached hydrogens (tertiary/aromatic N) is 2. The molecule has 2 heterocycles. The summed E-state index contributed by atoms with van der Waals surface area (Å²) in [5.41, 5.74) is 2.27. The Morgan fingerprint density at radius 3 is 2.58 bits per heavy atom. The summed E-state index contributed by atoms with van der Waals surface area (Å²) in [6, 6.07) is 14.5. The summed E-state index contributed by atoms with van der Waals surface area (Å²) in [6.45, 7) is 6.11. The van der Waals surface area contributed by atoms with Gasteiger partial charge in [0.15, 0.2) is 4.80 Å². The molecule has 0 spiro atoms. The molecule has 33 heavy (non-hydrogen) atoms. The standard InChI is InChI=1S/C25H23BrN2O4S/c1-4-31-19-9-7-6-8-18(19)22-21(24(30)32-5-2)15(3)27-25-28(22)23(29)20(33-25)14-16-10-12-17(26)13-11-16/h6-14,22H,4-5H2,1-3H3/b20-14-/t22-/m0/s1. The average molecular weight is 527 g/mol. The quantitative estimate of drug-likeness (QED) is 0.456. The molecule has 0 bridgehead atoms. The lowest BCUT2D eigenvalue weighted by Gasteiger charge is -2.26.